The molecule has 13 heavy (non-hydrogen) atoms. The van der Waals surface area contributed by atoms with Crippen LogP contribution in [0.4, 0.5) is 0 Å². The summed E-state index contributed by atoms with van der Waals surface area (Å²) in [6.45, 7) is 5.70. The minimum atomic E-state index is 1.21. The second kappa shape index (κ2) is 5.15. The van der Waals surface area contributed by atoms with Gasteiger partial charge in [0.25, 0.3) is 0 Å². The van der Waals surface area contributed by atoms with E-state index in [1.54, 1.807) is 6.08 Å². The summed E-state index contributed by atoms with van der Waals surface area (Å²) >= 11 is 0. The van der Waals surface area contributed by atoms with E-state index in [1.807, 2.05) is 24.3 Å². The van der Waals surface area contributed by atoms with Crippen LogP contribution in [0, 0.1) is 0 Å². The SMILES string of the molecule is C=C/C=C(C)\C=C\c1ccccc1. The van der Waals surface area contributed by atoms with Gasteiger partial charge in [0.2, 0.25) is 0 Å². The normalized spacial score (nSPS) is 11.9. The van der Waals surface area contributed by atoms with Gasteiger partial charge < -0.3 is 0 Å². The van der Waals surface area contributed by atoms with Crippen molar-refractivity contribution in [2.75, 3.05) is 0 Å². The number of hydrogen-bond acceptors (Lipinski definition) is 0. The number of benzene rings is 1. The van der Waals surface area contributed by atoms with E-state index >= 15 is 0 Å². The molecule has 1 aromatic rings. The van der Waals surface area contributed by atoms with Crippen LogP contribution in [0.5, 0.6) is 0 Å². The van der Waals surface area contributed by atoms with Crippen LogP contribution in [0.25, 0.3) is 6.08 Å². The highest BCUT2D eigenvalue weighted by Gasteiger charge is 1.82. The van der Waals surface area contributed by atoms with Gasteiger partial charge in [0.05, 0.1) is 0 Å². The van der Waals surface area contributed by atoms with Crippen LogP contribution in [0.1, 0.15) is 12.5 Å². The first kappa shape index (κ1) is 9.53. The molecule has 0 fully saturated rings. The molecular formula is C13H14. The van der Waals surface area contributed by atoms with Gasteiger partial charge in [-0.25, -0.2) is 0 Å². The zero-order chi connectivity index (χ0) is 9.52. The zero-order valence-electron chi connectivity index (χ0n) is 7.90. The Morgan fingerprint density at radius 2 is 1.92 bits per heavy atom. The molecule has 0 atom stereocenters. The van der Waals surface area contributed by atoms with E-state index in [0.717, 1.165) is 0 Å². The van der Waals surface area contributed by atoms with Crippen molar-refractivity contribution in [1.82, 2.24) is 0 Å². The molecule has 0 N–H and O–H groups in total. The molecule has 0 amide bonds. The van der Waals surface area contributed by atoms with Crippen molar-refractivity contribution in [2.45, 2.75) is 6.92 Å². The molecule has 0 heteroatoms. The monoisotopic (exact) mass is 170 g/mol. The Morgan fingerprint density at radius 3 is 2.54 bits per heavy atom. The second-order valence-corrected chi connectivity index (χ2v) is 2.89. The summed E-state index contributed by atoms with van der Waals surface area (Å²) in [5.41, 5.74) is 2.43. The minimum absolute atomic E-state index is 1.21. The van der Waals surface area contributed by atoms with Gasteiger partial charge in [-0.05, 0) is 12.5 Å². The van der Waals surface area contributed by atoms with Crippen molar-refractivity contribution in [3.8, 4) is 0 Å². The van der Waals surface area contributed by atoms with Crippen LogP contribution in [0.2, 0.25) is 0 Å². The van der Waals surface area contributed by atoms with Crippen molar-refractivity contribution in [3.05, 3.63) is 66.3 Å². The first-order chi connectivity index (χ1) is 6.33. The summed E-state index contributed by atoms with van der Waals surface area (Å²) < 4.78 is 0. The first-order valence-electron chi connectivity index (χ1n) is 4.35. The summed E-state index contributed by atoms with van der Waals surface area (Å²) in [6.07, 6.45) is 7.95. The molecule has 0 radical (unpaired) electrons. The van der Waals surface area contributed by atoms with Crippen LogP contribution in [-0.4, -0.2) is 0 Å². The molecule has 1 rings (SSSR count). The van der Waals surface area contributed by atoms with Crippen LogP contribution >= 0.6 is 0 Å². The summed E-state index contributed by atoms with van der Waals surface area (Å²) in [5, 5.41) is 0. The van der Waals surface area contributed by atoms with Gasteiger partial charge in [0.1, 0.15) is 0 Å². The highest BCUT2D eigenvalue weighted by atomic mass is 13.9. The highest BCUT2D eigenvalue weighted by Crippen LogP contribution is 2.04. The van der Waals surface area contributed by atoms with Gasteiger partial charge in [0.15, 0.2) is 0 Å². The number of allylic oxidation sites excluding steroid dienone is 4. The third-order valence-electron chi connectivity index (χ3n) is 1.72. The lowest BCUT2D eigenvalue weighted by Crippen LogP contribution is -1.70. The maximum atomic E-state index is 3.65. The Labute approximate surface area is 79.9 Å². The zero-order valence-corrected chi connectivity index (χ0v) is 7.90. The van der Waals surface area contributed by atoms with Crippen LogP contribution in [0.3, 0.4) is 0 Å². The van der Waals surface area contributed by atoms with E-state index in [9.17, 15) is 0 Å². The Kier molecular flexibility index (Phi) is 3.77. The van der Waals surface area contributed by atoms with E-state index in [4.69, 9.17) is 0 Å². The standard InChI is InChI=1S/C13H14/c1-3-7-12(2)10-11-13-8-5-4-6-9-13/h3-11H,1H2,2H3/b11-10+,12-7-. The average Bonchev–Trinajstić information content (AvgIpc) is 2.17. The molecule has 0 aliphatic carbocycles. The third-order valence-corrected chi connectivity index (χ3v) is 1.72. The van der Waals surface area contributed by atoms with E-state index in [0.29, 0.717) is 0 Å². The van der Waals surface area contributed by atoms with Gasteiger partial charge in [-0.1, -0.05) is 66.8 Å². The Balaban J connectivity index is 2.69. The smallest absolute Gasteiger partial charge is 0.0257 e. The van der Waals surface area contributed by atoms with Gasteiger partial charge >= 0.3 is 0 Å². The lowest BCUT2D eigenvalue weighted by atomic mass is 10.1. The molecule has 0 bridgehead atoms. The topological polar surface area (TPSA) is 0 Å². The molecule has 0 unspecified atom stereocenters. The summed E-state index contributed by atoms with van der Waals surface area (Å²) in [4.78, 5) is 0. The molecule has 66 valence electrons. The van der Waals surface area contributed by atoms with Gasteiger partial charge in [0, 0.05) is 0 Å². The molecular weight excluding hydrogens is 156 g/mol. The molecule has 1 aromatic carbocycles. The molecule has 0 nitrogen and oxygen atoms in total. The maximum absolute atomic E-state index is 3.65. The molecule has 0 saturated carbocycles. The van der Waals surface area contributed by atoms with Gasteiger partial charge in [-0.3, -0.25) is 0 Å². The van der Waals surface area contributed by atoms with Crippen molar-refractivity contribution in [2.24, 2.45) is 0 Å². The molecule has 0 aliphatic heterocycles. The van der Waals surface area contributed by atoms with Gasteiger partial charge in [-0.2, -0.15) is 0 Å². The molecule has 0 saturated heterocycles. The van der Waals surface area contributed by atoms with Gasteiger partial charge in [-0.15, -0.1) is 0 Å². The van der Waals surface area contributed by atoms with E-state index in [2.05, 4.69) is 37.8 Å². The predicted octanol–water partition coefficient (Wildman–Crippen LogP) is 3.83. The van der Waals surface area contributed by atoms with Crippen molar-refractivity contribution in [1.29, 1.82) is 0 Å². The second-order valence-electron chi connectivity index (χ2n) is 2.89. The molecule has 0 aromatic heterocycles. The fourth-order valence-electron chi connectivity index (χ4n) is 1.03. The Bertz CT molecular complexity index is 315. The van der Waals surface area contributed by atoms with Crippen molar-refractivity contribution < 1.29 is 0 Å². The lowest BCUT2D eigenvalue weighted by Gasteiger charge is -1.91. The summed E-state index contributed by atoms with van der Waals surface area (Å²) in [6, 6.07) is 10.2. The number of hydrogen-bond donors (Lipinski definition) is 0. The highest BCUT2D eigenvalue weighted by molar-refractivity contribution is 5.52. The third kappa shape index (κ3) is 3.57. The summed E-state index contributed by atoms with van der Waals surface area (Å²) in [7, 11) is 0. The molecule has 0 spiro atoms. The van der Waals surface area contributed by atoms with E-state index in [-0.39, 0.29) is 0 Å². The van der Waals surface area contributed by atoms with Crippen LogP contribution in [-0.2, 0) is 0 Å². The number of rotatable bonds is 3. The quantitative estimate of drug-likeness (QED) is 0.605. The molecule has 0 aliphatic rings. The van der Waals surface area contributed by atoms with Crippen LogP contribution in [0.15, 0.2) is 60.7 Å². The molecule has 0 heterocycles. The van der Waals surface area contributed by atoms with Crippen molar-refractivity contribution in [3.63, 3.8) is 0 Å². The Hall–Kier alpha value is -1.56. The maximum Gasteiger partial charge on any atom is -0.0257 e. The van der Waals surface area contributed by atoms with Crippen LogP contribution < -0.4 is 0 Å². The lowest BCUT2D eigenvalue weighted by molar-refractivity contribution is 1.53. The van der Waals surface area contributed by atoms with E-state index in [1.165, 1.54) is 11.1 Å². The van der Waals surface area contributed by atoms with Crippen molar-refractivity contribution >= 4 is 6.08 Å². The predicted molar refractivity (Wildman–Crippen MR) is 59.4 cm³/mol. The summed E-state index contributed by atoms with van der Waals surface area (Å²) in [5.74, 6) is 0. The fraction of sp³-hybridized carbons (Fsp3) is 0.0769. The van der Waals surface area contributed by atoms with E-state index < -0.39 is 0 Å². The fourth-order valence-corrected chi connectivity index (χ4v) is 1.03. The average molecular weight is 170 g/mol. The Morgan fingerprint density at radius 1 is 1.23 bits per heavy atom. The largest absolute Gasteiger partial charge is 0.0991 e. The first-order valence-corrected chi connectivity index (χ1v) is 4.35. The minimum Gasteiger partial charge on any atom is -0.0991 e.